The standard InChI is InChI=1S/C19H20O2/c1-19(2,3)14-8-9-18-16(10-14)17(11-20)15-7-5-4-6-13(15)12-21-18/h4-11,17H,12H2,1-3H3/t17-/m1/s1. The summed E-state index contributed by atoms with van der Waals surface area (Å²) in [7, 11) is 0. The highest BCUT2D eigenvalue weighted by atomic mass is 16.5. The van der Waals surface area contributed by atoms with E-state index in [0.717, 1.165) is 28.7 Å². The Hall–Kier alpha value is -2.09. The molecule has 0 N–H and O–H groups in total. The lowest BCUT2D eigenvalue weighted by molar-refractivity contribution is -0.108. The zero-order valence-corrected chi connectivity index (χ0v) is 12.7. The van der Waals surface area contributed by atoms with Crippen molar-refractivity contribution in [2.45, 2.75) is 38.7 Å². The topological polar surface area (TPSA) is 26.3 Å². The van der Waals surface area contributed by atoms with Crippen LogP contribution in [0.2, 0.25) is 0 Å². The van der Waals surface area contributed by atoms with E-state index in [4.69, 9.17) is 4.74 Å². The van der Waals surface area contributed by atoms with Crippen molar-refractivity contribution in [3.05, 3.63) is 64.7 Å². The van der Waals surface area contributed by atoms with Gasteiger partial charge >= 0.3 is 0 Å². The molecule has 0 saturated heterocycles. The molecule has 0 bridgehead atoms. The zero-order chi connectivity index (χ0) is 15.0. The van der Waals surface area contributed by atoms with Crippen molar-refractivity contribution < 1.29 is 9.53 Å². The van der Waals surface area contributed by atoms with Crippen molar-refractivity contribution in [3.8, 4) is 5.75 Å². The molecule has 2 heteroatoms. The van der Waals surface area contributed by atoms with Crippen molar-refractivity contribution in [1.82, 2.24) is 0 Å². The molecule has 3 rings (SSSR count). The molecule has 108 valence electrons. The first-order valence-electron chi connectivity index (χ1n) is 7.31. The van der Waals surface area contributed by atoms with E-state index in [0.29, 0.717) is 6.61 Å². The fourth-order valence-corrected chi connectivity index (χ4v) is 2.83. The van der Waals surface area contributed by atoms with Crippen molar-refractivity contribution in [3.63, 3.8) is 0 Å². The molecule has 1 heterocycles. The zero-order valence-electron chi connectivity index (χ0n) is 12.7. The molecule has 21 heavy (non-hydrogen) atoms. The fraction of sp³-hybridized carbons (Fsp3) is 0.316. The highest BCUT2D eigenvalue weighted by molar-refractivity contribution is 5.72. The molecule has 0 saturated carbocycles. The van der Waals surface area contributed by atoms with Gasteiger partial charge in [0.1, 0.15) is 18.6 Å². The van der Waals surface area contributed by atoms with E-state index in [-0.39, 0.29) is 11.3 Å². The molecule has 1 aliphatic heterocycles. The predicted molar refractivity (Wildman–Crippen MR) is 83.8 cm³/mol. The lowest BCUT2D eigenvalue weighted by Gasteiger charge is -2.22. The largest absolute Gasteiger partial charge is 0.489 e. The Labute approximate surface area is 125 Å². The summed E-state index contributed by atoms with van der Waals surface area (Å²) < 4.78 is 5.92. The number of hydrogen-bond acceptors (Lipinski definition) is 2. The second kappa shape index (κ2) is 5.03. The summed E-state index contributed by atoms with van der Waals surface area (Å²) in [5.74, 6) is 0.567. The van der Waals surface area contributed by atoms with Crippen LogP contribution in [0.15, 0.2) is 42.5 Å². The van der Waals surface area contributed by atoms with E-state index in [9.17, 15) is 4.79 Å². The van der Waals surface area contributed by atoms with Crippen LogP contribution in [-0.2, 0) is 16.8 Å². The van der Waals surface area contributed by atoms with Gasteiger partial charge in [-0.3, -0.25) is 0 Å². The Bertz CT molecular complexity index is 680. The van der Waals surface area contributed by atoms with E-state index in [1.54, 1.807) is 0 Å². The van der Waals surface area contributed by atoms with Crippen molar-refractivity contribution >= 4 is 6.29 Å². The third-order valence-corrected chi connectivity index (χ3v) is 4.12. The second-order valence-electron chi connectivity index (χ2n) is 6.60. The SMILES string of the molecule is CC(C)(C)c1ccc2c(c1)[C@H](C=O)c1ccccc1CO2. The van der Waals surface area contributed by atoms with Gasteiger partial charge in [0.25, 0.3) is 0 Å². The molecule has 0 fully saturated rings. The van der Waals surface area contributed by atoms with Crippen LogP contribution in [-0.4, -0.2) is 6.29 Å². The van der Waals surface area contributed by atoms with Gasteiger partial charge in [0.2, 0.25) is 0 Å². The minimum Gasteiger partial charge on any atom is -0.489 e. The van der Waals surface area contributed by atoms with E-state index >= 15 is 0 Å². The number of ether oxygens (including phenoxy) is 1. The summed E-state index contributed by atoms with van der Waals surface area (Å²) >= 11 is 0. The van der Waals surface area contributed by atoms with Gasteiger partial charge in [-0.05, 0) is 28.2 Å². The van der Waals surface area contributed by atoms with Crippen molar-refractivity contribution in [2.75, 3.05) is 0 Å². The minimum absolute atomic E-state index is 0.0499. The number of carbonyl (C=O) groups excluding carboxylic acids is 1. The highest BCUT2D eigenvalue weighted by Gasteiger charge is 2.26. The molecule has 0 unspecified atom stereocenters. The van der Waals surface area contributed by atoms with Crippen LogP contribution >= 0.6 is 0 Å². The lowest BCUT2D eigenvalue weighted by atomic mass is 9.82. The van der Waals surface area contributed by atoms with E-state index in [2.05, 4.69) is 32.9 Å². The van der Waals surface area contributed by atoms with Crippen molar-refractivity contribution in [2.24, 2.45) is 0 Å². The highest BCUT2D eigenvalue weighted by Crippen LogP contribution is 2.38. The van der Waals surface area contributed by atoms with Crippen LogP contribution in [0.25, 0.3) is 0 Å². The Kier molecular flexibility index (Phi) is 3.32. The Morgan fingerprint density at radius 2 is 1.86 bits per heavy atom. The molecule has 0 amide bonds. The van der Waals surface area contributed by atoms with Gasteiger partial charge in [0, 0.05) is 5.56 Å². The van der Waals surface area contributed by atoms with Crippen LogP contribution in [0.1, 0.15) is 48.9 Å². The van der Waals surface area contributed by atoms with Gasteiger partial charge < -0.3 is 9.53 Å². The predicted octanol–water partition coefficient (Wildman–Crippen LogP) is 4.21. The first-order valence-corrected chi connectivity index (χ1v) is 7.31. The first kappa shape index (κ1) is 13.9. The molecular formula is C19H20O2. The fourth-order valence-electron chi connectivity index (χ4n) is 2.83. The third kappa shape index (κ3) is 2.46. The van der Waals surface area contributed by atoms with Gasteiger partial charge in [0.15, 0.2) is 0 Å². The van der Waals surface area contributed by atoms with Gasteiger partial charge in [0.05, 0.1) is 5.92 Å². The first-order chi connectivity index (χ1) is 10.0. The summed E-state index contributed by atoms with van der Waals surface area (Å²) in [6.07, 6.45) is 1.03. The van der Waals surface area contributed by atoms with Gasteiger partial charge in [-0.2, -0.15) is 0 Å². The maximum atomic E-state index is 11.7. The van der Waals surface area contributed by atoms with E-state index < -0.39 is 0 Å². The molecule has 0 aromatic heterocycles. The molecule has 0 spiro atoms. The number of rotatable bonds is 1. The third-order valence-electron chi connectivity index (χ3n) is 4.12. The molecule has 2 nitrogen and oxygen atoms in total. The molecule has 1 atom stereocenters. The summed E-state index contributed by atoms with van der Waals surface area (Å²) in [6.45, 7) is 7.05. The van der Waals surface area contributed by atoms with Gasteiger partial charge in [-0.1, -0.05) is 57.2 Å². The number of aldehydes is 1. The molecule has 2 aromatic carbocycles. The average molecular weight is 280 g/mol. The average Bonchev–Trinajstić information content (AvgIpc) is 2.62. The summed E-state index contributed by atoms with van der Waals surface area (Å²) in [5.41, 5.74) is 4.38. The molecule has 0 aliphatic carbocycles. The Morgan fingerprint density at radius 1 is 1.10 bits per heavy atom. The minimum atomic E-state index is -0.249. The van der Waals surface area contributed by atoms with Crippen LogP contribution < -0.4 is 4.74 Å². The van der Waals surface area contributed by atoms with Gasteiger partial charge in [-0.25, -0.2) is 0 Å². The summed E-state index contributed by atoms with van der Waals surface area (Å²) in [4.78, 5) is 11.7. The maximum absolute atomic E-state index is 11.7. The van der Waals surface area contributed by atoms with E-state index in [1.807, 2.05) is 30.3 Å². The maximum Gasteiger partial charge on any atom is 0.132 e. The summed E-state index contributed by atoms with van der Waals surface area (Å²) in [5, 5.41) is 0. The quantitative estimate of drug-likeness (QED) is 0.731. The Morgan fingerprint density at radius 3 is 2.57 bits per heavy atom. The van der Waals surface area contributed by atoms with Crippen LogP contribution in [0.4, 0.5) is 0 Å². The van der Waals surface area contributed by atoms with Gasteiger partial charge in [-0.15, -0.1) is 0 Å². The van der Waals surface area contributed by atoms with Crippen molar-refractivity contribution in [1.29, 1.82) is 0 Å². The van der Waals surface area contributed by atoms with Crippen LogP contribution in [0, 0.1) is 0 Å². The van der Waals surface area contributed by atoms with Crippen LogP contribution in [0.5, 0.6) is 5.75 Å². The molecule has 0 radical (unpaired) electrons. The molecule has 1 aliphatic rings. The number of benzene rings is 2. The lowest BCUT2D eigenvalue weighted by Crippen LogP contribution is -2.12. The van der Waals surface area contributed by atoms with E-state index in [1.165, 1.54) is 5.56 Å². The smallest absolute Gasteiger partial charge is 0.132 e. The number of fused-ring (bicyclic) bond motifs is 2. The van der Waals surface area contributed by atoms with Crippen LogP contribution in [0.3, 0.4) is 0 Å². The Balaban J connectivity index is 2.19. The summed E-state index contributed by atoms with van der Waals surface area (Å²) in [6, 6.07) is 14.2. The normalized spacial score (nSPS) is 17.2. The number of hydrogen-bond donors (Lipinski definition) is 0. The number of carbonyl (C=O) groups is 1. The molecule has 2 aromatic rings. The monoisotopic (exact) mass is 280 g/mol. The molecular weight excluding hydrogens is 260 g/mol. The second-order valence-corrected chi connectivity index (χ2v) is 6.60.